The molecule has 0 aliphatic heterocycles. The first-order chi connectivity index (χ1) is 13.2. The van der Waals surface area contributed by atoms with Gasteiger partial charge in [0.1, 0.15) is 11.4 Å². The molecule has 2 rings (SSSR count). The molecule has 1 amide bonds. The second-order valence-electron chi connectivity index (χ2n) is 7.63. The Morgan fingerprint density at radius 1 is 1.14 bits per heavy atom. The molecule has 6 heteroatoms. The van der Waals surface area contributed by atoms with Gasteiger partial charge in [-0.3, -0.25) is 9.59 Å². The van der Waals surface area contributed by atoms with Gasteiger partial charge in [-0.2, -0.15) is 0 Å². The van der Waals surface area contributed by atoms with Crippen LogP contribution in [0.15, 0.2) is 42.6 Å². The normalized spacial score (nSPS) is 12.2. The summed E-state index contributed by atoms with van der Waals surface area (Å²) >= 11 is 0. The Balaban J connectivity index is 1.92. The standard InChI is InChI=1S/C22H28N2O4/c1-6-16-9-7-8-10-18(16)27-19-12-11-17(14-23-19)24-21(26)15(2)13-20(25)28-22(3,4)5/h7-12,14-15H,6,13H2,1-5H3,(H,24,26)/t15-/m0/s1. The summed E-state index contributed by atoms with van der Waals surface area (Å²) in [6.45, 7) is 9.13. The minimum Gasteiger partial charge on any atom is -0.460 e. The third kappa shape index (κ3) is 6.68. The third-order valence-corrected chi connectivity index (χ3v) is 3.91. The summed E-state index contributed by atoms with van der Waals surface area (Å²) in [4.78, 5) is 28.4. The number of nitrogens with zero attached hydrogens (tertiary/aromatic N) is 1. The lowest BCUT2D eigenvalue weighted by atomic mass is 10.1. The molecule has 1 aromatic carbocycles. The molecule has 1 heterocycles. The number of pyridine rings is 1. The Kier molecular flexibility index (Phi) is 7.15. The van der Waals surface area contributed by atoms with Crippen molar-refractivity contribution < 1.29 is 19.1 Å². The lowest BCUT2D eigenvalue weighted by molar-refractivity contribution is -0.156. The van der Waals surface area contributed by atoms with Crippen molar-refractivity contribution in [2.45, 2.75) is 53.1 Å². The van der Waals surface area contributed by atoms with Gasteiger partial charge in [0.15, 0.2) is 0 Å². The first-order valence-corrected chi connectivity index (χ1v) is 9.42. The Labute approximate surface area is 166 Å². The van der Waals surface area contributed by atoms with E-state index in [1.807, 2.05) is 24.3 Å². The molecule has 0 saturated heterocycles. The SMILES string of the molecule is CCc1ccccc1Oc1ccc(NC(=O)[C@@H](C)CC(=O)OC(C)(C)C)cn1. The van der Waals surface area contributed by atoms with E-state index >= 15 is 0 Å². The van der Waals surface area contributed by atoms with E-state index in [1.165, 1.54) is 6.20 Å². The van der Waals surface area contributed by atoms with Gasteiger partial charge in [-0.25, -0.2) is 4.98 Å². The number of amides is 1. The minimum absolute atomic E-state index is 0.0194. The third-order valence-electron chi connectivity index (χ3n) is 3.91. The first-order valence-electron chi connectivity index (χ1n) is 9.42. The van der Waals surface area contributed by atoms with Crippen LogP contribution in [-0.4, -0.2) is 22.5 Å². The molecule has 1 atom stereocenters. The smallest absolute Gasteiger partial charge is 0.307 e. The molecule has 6 nitrogen and oxygen atoms in total. The molecule has 150 valence electrons. The van der Waals surface area contributed by atoms with E-state index in [4.69, 9.17) is 9.47 Å². The predicted octanol–water partition coefficient (Wildman–Crippen LogP) is 4.74. The zero-order valence-corrected chi connectivity index (χ0v) is 17.1. The van der Waals surface area contributed by atoms with Crippen LogP contribution in [0.3, 0.4) is 0 Å². The summed E-state index contributed by atoms with van der Waals surface area (Å²) in [5, 5.41) is 2.76. The number of anilines is 1. The number of carbonyl (C=O) groups is 2. The summed E-state index contributed by atoms with van der Waals surface area (Å²) in [6, 6.07) is 11.2. The molecule has 0 aliphatic carbocycles. The molecule has 1 N–H and O–H groups in total. The predicted molar refractivity (Wildman–Crippen MR) is 108 cm³/mol. The van der Waals surface area contributed by atoms with Crippen LogP contribution in [-0.2, 0) is 20.7 Å². The van der Waals surface area contributed by atoms with Crippen molar-refractivity contribution >= 4 is 17.6 Å². The van der Waals surface area contributed by atoms with E-state index in [2.05, 4.69) is 17.2 Å². The van der Waals surface area contributed by atoms with Crippen LogP contribution in [0.5, 0.6) is 11.6 Å². The van der Waals surface area contributed by atoms with Crippen LogP contribution in [0.1, 0.15) is 46.6 Å². The van der Waals surface area contributed by atoms with E-state index in [-0.39, 0.29) is 12.3 Å². The van der Waals surface area contributed by atoms with Gasteiger partial charge in [-0.15, -0.1) is 0 Å². The molecule has 0 aliphatic rings. The van der Waals surface area contributed by atoms with Crippen molar-refractivity contribution in [1.82, 2.24) is 4.98 Å². The van der Waals surface area contributed by atoms with Crippen molar-refractivity contribution in [3.05, 3.63) is 48.2 Å². The summed E-state index contributed by atoms with van der Waals surface area (Å²) in [6.07, 6.45) is 2.41. The monoisotopic (exact) mass is 384 g/mol. The van der Waals surface area contributed by atoms with Crippen LogP contribution in [0.4, 0.5) is 5.69 Å². The number of ether oxygens (including phenoxy) is 2. The summed E-state index contributed by atoms with van der Waals surface area (Å²) in [7, 11) is 0. The fraction of sp³-hybridized carbons (Fsp3) is 0.409. The van der Waals surface area contributed by atoms with Gasteiger partial charge in [0.2, 0.25) is 11.8 Å². The highest BCUT2D eigenvalue weighted by Crippen LogP contribution is 2.25. The van der Waals surface area contributed by atoms with E-state index in [0.717, 1.165) is 17.7 Å². The Morgan fingerprint density at radius 2 is 1.86 bits per heavy atom. The number of rotatable bonds is 7. The summed E-state index contributed by atoms with van der Waals surface area (Å²) in [5.74, 6) is 0.0347. The Morgan fingerprint density at radius 3 is 2.46 bits per heavy atom. The molecular weight excluding hydrogens is 356 g/mol. The molecule has 0 radical (unpaired) electrons. The largest absolute Gasteiger partial charge is 0.460 e. The van der Waals surface area contributed by atoms with Gasteiger partial charge in [0.05, 0.1) is 18.3 Å². The van der Waals surface area contributed by atoms with E-state index in [9.17, 15) is 9.59 Å². The highest BCUT2D eigenvalue weighted by atomic mass is 16.6. The number of para-hydroxylation sites is 1. The Bertz CT molecular complexity index is 810. The number of aromatic nitrogens is 1. The van der Waals surface area contributed by atoms with Crippen LogP contribution in [0.25, 0.3) is 0 Å². The zero-order valence-electron chi connectivity index (χ0n) is 17.1. The second kappa shape index (κ2) is 9.35. The maximum absolute atomic E-state index is 12.3. The van der Waals surface area contributed by atoms with E-state index in [0.29, 0.717) is 11.6 Å². The van der Waals surface area contributed by atoms with Crippen LogP contribution < -0.4 is 10.1 Å². The van der Waals surface area contributed by atoms with Crippen molar-refractivity contribution in [2.24, 2.45) is 5.92 Å². The summed E-state index contributed by atoms with van der Waals surface area (Å²) in [5.41, 5.74) is 1.07. The molecule has 28 heavy (non-hydrogen) atoms. The number of hydrogen-bond donors (Lipinski definition) is 1. The van der Waals surface area contributed by atoms with Crippen LogP contribution >= 0.6 is 0 Å². The number of esters is 1. The zero-order chi connectivity index (χ0) is 20.7. The lowest BCUT2D eigenvalue weighted by Crippen LogP contribution is -2.28. The van der Waals surface area contributed by atoms with Gasteiger partial charge >= 0.3 is 5.97 Å². The molecule has 0 spiro atoms. The van der Waals surface area contributed by atoms with Crippen LogP contribution in [0.2, 0.25) is 0 Å². The highest BCUT2D eigenvalue weighted by molar-refractivity contribution is 5.94. The minimum atomic E-state index is -0.566. The number of aryl methyl sites for hydroxylation is 1. The highest BCUT2D eigenvalue weighted by Gasteiger charge is 2.22. The van der Waals surface area contributed by atoms with Crippen molar-refractivity contribution in [3.63, 3.8) is 0 Å². The topological polar surface area (TPSA) is 77.5 Å². The number of hydrogen-bond acceptors (Lipinski definition) is 5. The van der Waals surface area contributed by atoms with E-state index in [1.54, 1.807) is 39.8 Å². The number of benzene rings is 1. The quantitative estimate of drug-likeness (QED) is 0.698. The Hall–Kier alpha value is -2.89. The van der Waals surface area contributed by atoms with Gasteiger partial charge in [0.25, 0.3) is 0 Å². The van der Waals surface area contributed by atoms with Crippen LogP contribution in [0, 0.1) is 5.92 Å². The second-order valence-corrected chi connectivity index (χ2v) is 7.63. The average Bonchev–Trinajstić information content (AvgIpc) is 2.62. The van der Waals surface area contributed by atoms with E-state index < -0.39 is 17.5 Å². The van der Waals surface area contributed by atoms with Gasteiger partial charge in [0, 0.05) is 12.0 Å². The molecule has 0 unspecified atom stereocenters. The number of carbonyl (C=O) groups excluding carboxylic acids is 2. The van der Waals surface area contributed by atoms with Crippen molar-refractivity contribution in [3.8, 4) is 11.6 Å². The average molecular weight is 384 g/mol. The molecule has 1 aromatic heterocycles. The molecule has 0 saturated carbocycles. The molecular formula is C22H28N2O4. The summed E-state index contributed by atoms with van der Waals surface area (Å²) < 4.78 is 11.1. The molecule has 0 bridgehead atoms. The first kappa shape index (κ1) is 21.4. The van der Waals surface area contributed by atoms with Gasteiger partial charge in [-0.1, -0.05) is 32.0 Å². The fourth-order valence-electron chi connectivity index (χ4n) is 2.51. The fourth-order valence-corrected chi connectivity index (χ4v) is 2.51. The lowest BCUT2D eigenvalue weighted by Gasteiger charge is -2.20. The molecule has 0 fully saturated rings. The van der Waals surface area contributed by atoms with Crippen molar-refractivity contribution in [2.75, 3.05) is 5.32 Å². The number of nitrogens with one attached hydrogen (secondary N) is 1. The van der Waals surface area contributed by atoms with Gasteiger partial charge in [-0.05, 0) is 44.9 Å². The van der Waals surface area contributed by atoms with Crippen molar-refractivity contribution in [1.29, 1.82) is 0 Å². The molecule has 2 aromatic rings. The maximum Gasteiger partial charge on any atom is 0.307 e. The maximum atomic E-state index is 12.3. The van der Waals surface area contributed by atoms with Gasteiger partial charge < -0.3 is 14.8 Å².